The van der Waals surface area contributed by atoms with Gasteiger partial charge in [0.15, 0.2) is 11.6 Å². The Kier molecular flexibility index (Phi) is 5.16. The summed E-state index contributed by atoms with van der Waals surface area (Å²) in [7, 11) is 0. The Morgan fingerprint density at radius 3 is 2.43 bits per heavy atom. The molecular weight excluding hydrogens is 373 g/mol. The number of halogens is 3. The van der Waals surface area contributed by atoms with Crippen molar-refractivity contribution >= 4 is 11.8 Å². The smallest absolute Gasteiger partial charge is 0.416 e. The summed E-state index contributed by atoms with van der Waals surface area (Å²) in [5.41, 5.74) is 2.77. The molecule has 1 aliphatic rings. The van der Waals surface area contributed by atoms with Gasteiger partial charge in [-0.1, -0.05) is 42.5 Å². The van der Waals surface area contributed by atoms with Crippen LogP contribution in [-0.4, -0.2) is 22.6 Å². The minimum atomic E-state index is -4.52. The van der Waals surface area contributed by atoms with E-state index in [4.69, 9.17) is 4.84 Å². The molecule has 0 amide bonds. The first-order chi connectivity index (χ1) is 13.0. The van der Waals surface area contributed by atoms with E-state index < -0.39 is 29.4 Å². The number of aliphatic imine (C=N–C) groups is 1. The summed E-state index contributed by atoms with van der Waals surface area (Å²) in [6.45, 7) is 3.60. The first-order valence-electron chi connectivity index (χ1n) is 8.58. The number of carbonyl (C=O) groups is 1. The maximum Gasteiger partial charge on any atom is 0.416 e. The summed E-state index contributed by atoms with van der Waals surface area (Å²) in [6, 6.07) is 11.4. The van der Waals surface area contributed by atoms with E-state index in [2.05, 4.69) is 10.5 Å². The summed E-state index contributed by atoms with van der Waals surface area (Å²) < 4.78 is 38.8. The number of hydrogen-bond donors (Lipinski definition) is 2. The molecule has 8 heteroatoms. The number of amidine groups is 1. The van der Waals surface area contributed by atoms with Gasteiger partial charge in [-0.2, -0.15) is 13.2 Å². The van der Waals surface area contributed by atoms with Crippen molar-refractivity contribution in [2.45, 2.75) is 38.1 Å². The number of benzene rings is 2. The number of carboxylic acid groups (broad SMARTS) is 1. The molecule has 1 aliphatic heterocycles. The third-order valence-electron chi connectivity index (χ3n) is 4.36. The first kappa shape index (κ1) is 19.9. The molecule has 148 valence electrons. The molecule has 3 rings (SSSR count). The van der Waals surface area contributed by atoms with Gasteiger partial charge in [-0.15, -0.1) is 0 Å². The minimum Gasteiger partial charge on any atom is -0.481 e. The van der Waals surface area contributed by atoms with E-state index in [9.17, 15) is 23.1 Å². The lowest BCUT2D eigenvalue weighted by Gasteiger charge is -2.15. The molecule has 1 unspecified atom stereocenters. The predicted molar refractivity (Wildman–Crippen MR) is 96.8 cm³/mol. The number of hydroxylamine groups is 1. The van der Waals surface area contributed by atoms with Crippen LogP contribution in [-0.2, 0) is 22.2 Å². The van der Waals surface area contributed by atoms with Crippen LogP contribution in [0.5, 0.6) is 0 Å². The van der Waals surface area contributed by atoms with E-state index in [0.29, 0.717) is 11.4 Å². The molecule has 2 N–H and O–H groups in total. The van der Waals surface area contributed by atoms with Gasteiger partial charge in [0.2, 0.25) is 0 Å². The quantitative estimate of drug-likeness (QED) is 0.803. The van der Waals surface area contributed by atoms with Crippen molar-refractivity contribution in [2.24, 2.45) is 4.99 Å². The highest BCUT2D eigenvalue weighted by molar-refractivity contribution is 5.99. The number of alkyl halides is 3. The fraction of sp³-hybridized carbons (Fsp3) is 0.300. The summed E-state index contributed by atoms with van der Waals surface area (Å²) in [4.78, 5) is 21.4. The van der Waals surface area contributed by atoms with Gasteiger partial charge in [0.25, 0.3) is 0 Å². The van der Waals surface area contributed by atoms with Gasteiger partial charge in [0, 0.05) is 5.56 Å². The highest BCUT2D eigenvalue weighted by Crippen LogP contribution is 2.32. The lowest BCUT2D eigenvalue weighted by Crippen LogP contribution is -2.23. The maximum absolute atomic E-state index is 12.9. The van der Waals surface area contributed by atoms with E-state index in [-0.39, 0.29) is 12.0 Å². The van der Waals surface area contributed by atoms with Crippen LogP contribution in [0.15, 0.2) is 53.5 Å². The predicted octanol–water partition coefficient (Wildman–Crippen LogP) is 4.13. The molecule has 0 saturated carbocycles. The van der Waals surface area contributed by atoms with Crippen molar-refractivity contribution in [3.05, 3.63) is 70.8 Å². The number of aliphatic carboxylic acids is 1. The van der Waals surface area contributed by atoms with Crippen LogP contribution in [0.25, 0.3) is 0 Å². The fourth-order valence-electron chi connectivity index (χ4n) is 2.93. The number of nitrogens with one attached hydrogen (secondary N) is 1. The van der Waals surface area contributed by atoms with Crippen LogP contribution >= 0.6 is 0 Å². The molecule has 0 saturated heterocycles. The molecular formula is C20H19F3N2O3. The van der Waals surface area contributed by atoms with Crippen LogP contribution in [0.4, 0.5) is 13.2 Å². The fourth-order valence-corrected chi connectivity index (χ4v) is 2.93. The number of hydrogen-bond acceptors (Lipinski definition) is 4. The normalized spacial score (nSPS) is 17.0. The summed E-state index contributed by atoms with van der Waals surface area (Å²) in [5, 5.41) is 9.54. The van der Waals surface area contributed by atoms with Gasteiger partial charge in [-0.3, -0.25) is 4.79 Å². The summed E-state index contributed by atoms with van der Waals surface area (Å²) in [6.07, 6.45) is -4.45. The van der Waals surface area contributed by atoms with E-state index in [1.54, 1.807) is 38.1 Å². The lowest BCUT2D eigenvalue weighted by molar-refractivity contribution is -0.140. The molecule has 0 fully saturated rings. The second-order valence-corrected chi connectivity index (χ2v) is 7.03. The monoisotopic (exact) mass is 392 g/mol. The zero-order valence-electron chi connectivity index (χ0n) is 15.2. The van der Waals surface area contributed by atoms with Crippen LogP contribution < -0.4 is 5.48 Å². The van der Waals surface area contributed by atoms with Crippen LogP contribution in [0, 0.1) is 0 Å². The molecule has 28 heavy (non-hydrogen) atoms. The first-order valence-corrected chi connectivity index (χ1v) is 8.58. The largest absolute Gasteiger partial charge is 0.481 e. The van der Waals surface area contributed by atoms with Crippen molar-refractivity contribution in [3.63, 3.8) is 0 Å². The zero-order valence-corrected chi connectivity index (χ0v) is 15.2. The molecule has 2 aromatic carbocycles. The Bertz CT molecular complexity index is 906. The maximum atomic E-state index is 12.9. The van der Waals surface area contributed by atoms with Crippen molar-refractivity contribution in [1.29, 1.82) is 0 Å². The Hall–Kier alpha value is -2.87. The average molecular weight is 392 g/mol. The highest BCUT2D eigenvalue weighted by atomic mass is 19.4. The van der Waals surface area contributed by atoms with E-state index in [1.807, 2.05) is 0 Å². The Morgan fingerprint density at radius 1 is 1.21 bits per heavy atom. The molecule has 1 atom stereocenters. The number of rotatable bonds is 5. The van der Waals surface area contributed by atoms with Gasteiger partial charge in [0.05, 0.1) is 11.5 Å². The van der Waals surface area contributed by atoms with Gasteiger partial charge < -0.3 is 5.11 Å². The van der Waals surface area contributed by atoms with Crippen molar-refractivity contribution < 1.29 is 27.9 Å². The third kappa shape index (κ3) is 4.51. The topological polar surface area (TPSA) is 70.9 Å². The summed E-state index contributed by atoms with van der Waals surface area (Å²) in [5.74, 6) is -1.71. The summed E-state index contributed by atoms with van der Waals surface area (Å²) >= 11 is 0. The third-order valence-corrected chi connectivity index (χ3v) is 4.36. The molecule has 0 radical (unpaired) electrons. The Balaban J connectivity index is 1.81. The molecule has 0 bridgehead atoms. The van der Waals surface area contributed by atoms with Crippen LogP contribution in [0.3, 0.4) is 0 Å². The second kappa shape index (κ2) is 7.27. The highest BCUT2D eigenvalue weighted by Gasteiger charge is 2.32. The SMILES string of the molecule is CC1(C)N=C(c2ccc(CC(C(=O)O)c3cccc(C(F)(F)F)c3)cc2)NO1. The van der Waals surface area contributed by atoms with E-state index >= 15 is 0 Å². The molecule has 0 spiro atoms. The molecule has 0 aliphatic carbocycles. The Morgan fingerprint density at radius 2 is 1.89 bits per heavy atom. The molecule has 2 aromatic rings. The lowest BCUT2D eigenvalue weighted by atomic mass is 9.90. The molecule has 5 nitrogen and oxygen atoms in total. The zero-order chi connectivity index (χ0) is 20.5. The van der Waals surface area contributed by atoms with Crippen molar-refractivity contribution in [2.75, 3.05) is 0 Å². The van der Waals surface area contributed by atoms with E-state index in [1.165, 1.54) is 12.1 Å². The number of carboxylic acids is 1. The van der Waals surface area contributed by atoms with Gasteiger partial charge in [0.1, 0.15) is 0 Å². The Labute approximate surface area is 159 Å². The average Bonchev–Trinajstić information content (AvgIpc) is 2.99. The standard InChI is InChI=1S/C20H19F3N2O3/c1-19(2)24-17(25-28-19)13-8-6-12(7-9-13)10-16(18(26)27)14-4-3-5-15(11-14)20(21,22)23/h3-9,11,16H,10H2,1-2H3,(H,24,25)(H,26,27). The second-order valence-electron chi connectivity index (χ2n) is 7.03. The minimum absolute atomic E-state index is 0.0683. The van der Waals surface area contributed by atoms with Crippen LogP contribution in [0.1, 0.15) is 42.0 Å². The van der Waals surface area contributed by atoms with Crippen molar-refractivity contribution in [3.8, 4) is 0 Å². The van der Waals surface area contributed by atoms with Crippen LogP contribution in [0.2, 0.25) is 0 Å². The number of nitrogens with zero attached hydrogens (tertiary/aromatic N) is 1. The van der Waals surface area contributed by atoms with Gasteiger partial charge in [-0.25, -0.2) is 15.3 Å². The van der Waals surface area contributed by atoms with E-state index in [0.717, 1.165) is 17.7 Å². The van der Waals surface area contributed by atoms with Gasteiger partial charge in [-0.05, 0) is 37.5 Å². The molecule has 0 aromatic heterocycles. The van der Waals surface area contributed by atoms with Crippen molar-refractivity contribution in [1.82, 2.24) is 5.48 Å². The molecule has 1 heterocycles. The van der Waals surface area contributed by atoms with Gasteiger partial charge >= 0.3 is 12.1 Å².